The topological polar surface area (TPSA) is 95.0 Å². The fourth-order valence-corrected chi connectivity index (χ4v) is 4.20. The summed E-state index contributed by atoms with van der Waals surface area (Å²) >= 11 is 5.87. The molecule has 2 aromatic rings. The molecular weight excluding hydrogens is 456 g/mol. The first-order valence-corrected chi connectivity index (χ1v) is 12.0. The van der Waals surface area contributed by atoms with E-state index in [0.29, 0.717) is 28.1 Å². The molecule has 8 nitrogen and oxygen atoms in total. The van der Waals surface area contributed by atoms with Crippen LogP contribution in [0, 0.1) is 0 Å². The van der Waals surface area contributed by atoms with E-state index in [2.05, 4.69) is 22.2 Å². The van der Waals surface area contributed by atoms with Gasteiger partial charge in [-0.15, -0.1) is 0 Å². The summed E-state index contributed by atoms with van der Waals surface area (Å²) in [4.78, 5) is 33.2. The predicted octanol–water partition coefficient (Wildman–Crippen LogP) is 4.40. The Balaban J connectivity index is 1.60. The van der Waals surface area contributed by atoms with E-state index >= 15 is 0 Å². The molecule has 1 fully saturated rings. The van der Waals surface area contributed by atoms with E-state index in [9.17, 15) is 14.7 Å². The second-order valence-electron chi connectivity index (χ2n) is 8.83. The first-order chi connectivity index (χ1) is 16.2. The van der Waals surface area contributed by atoms with Gasteiger partial charge in [-0.25, -0.2) is 9.78 Å². The Morgan fingerprint density at radius 3 is 2.56 bits per heavy atom. The lowest BCUT2D eigenvalue weighted by molar-refractivity contribution is 0.0682. The molecule has 2 heterocycles. The summed E-state index contributed by atoms with van der Waals surface area (Å²) < 4.78 is 5.62. The van der Waals surface area contributed by atoms with Crippen LogP contribution in [0.2, 0.25) is 5.02 Å². The zero-order valence-corrected chi connectivity index (χ0v) is 20.7. The van der Waals surface area contributed by atoms with E-state index in [-0.39, 0.29) is 17.6 Å². The zero-order valence-electron chi connectivity index (χ0n) is 20.0. The van der Waals surface area contributed by atoms with Crippen molar-refractivity contribution in [3.05, 3.63) is 52.7 Å². The number of ether oxygens (including phenoxy) is 1. The highest BCUT2D eigenvalue weighted by Crippen LogP contribution is 2.26. The smallest absolute Gasteiger partial charge is 0.339 e. The van der Waals surface area contributed by atoms with Gasteiger partial charge in [0.25, 0.3) is 5.91 Å². The second kappa shape index (κ2) is 12.1. The maximum absolute atomic E-state index is 12.5. The Kier molecular flexibility index (Phi) is 9.27. The van der Waals surface area contributed by atoms with E-state index in [4.69, 9.17) is 16.3 Å². The van der Waals surface area contributed by atoms with E-state index in [1.165, 1.54) is 12.3 Å². The summed E-state index contributed by atoms with van der Waals surface area (Å²) in [5.41, 5.74) is 0.832. The van der Waals surface area contributed by atoms with Crippen molar-refractivity contribution in [2.24, 2.45) is 0 Å². The molecule has 184 valence electrons. The number of piperidine rings is 1. The van der Waals surface area contributed by atoms with E-state index in [0.717, 1.165) is 45.5 Å². The number of halogens is 1. The Morgan fingerprint density at radius 1 is 1.26 bits per heavy atom. The number of pyridine rings is 1. The van der Waals surface area contributed by atoms with Gasteiger partial charge in [0.1, 0.15) is 11.4 Å². The average Bonchev–Trinajstić information content (AvgIpc) is 2.82. The highest BCUT2D eigenvalue weighted by molar-refractivity contribution is 6.30. The molecule has 2 N–H and O–H groups in total. The van der Waals surface area contributed by atoms with Crippen molar-refractivity contribution in [3.8, 4) is 0 Å². The van der Waals surface area contributed by atoms with Gasteiger partial charge in [0.15, 0.2) is 0 Å². The largest absolute Gasteiger partial charge is 0.478 e. The summed E-state index contributed by atoms with van der Waals surface area (Å²) in [6.07, 6.45) is 4.60. The number of carbonyl (C=O) groups is 2. The van der Waals surface area contributed by atoms with Crippen LogP contribution >= 0.6 is 11.6 Å². The van der Waals surface area contributed by atoms with E-state index in [1.54, 1.807) is 24.3 Å². The van der Waals surface area contributed by atoms with Crippen molar-refractivity contribution >= 4 is 35.0 Å². The molecule has 9 heteroatoms. The van der Waals surface area contributed by atoms with Crippen LogP contribution in [0.25, 0.3) is 0 Å². The number of hydrogen-bond acceptors (Lipinski definition) is 6. The van der Waals surface area contributed by atoms with Gasteiger partial charge >= 0.3 is 5.97 Å². The SMILES string of the molecule is CC(C)OCCCN(C)C1CCN(c2ncc(NC(=O)c3ccc(Cl)cc3)cc2C(=O)O)CC1. The molecular formula is C25H33ClN4O4. The number of aromatic nitrogens is 1. The number of carboxylic acids is 1. The first kappa shape index (κ1) is 25.9. The van der Waals surface area contributed by atoms with E-state index < -0.39 is 5.97 Å². The third-order valence-electron chi connectivity index (χ3n) is 5.96. The van der Waals surface area contributed by atoms with Crippen molar-refractivity contribution < 1.29 is 19.4 Å². The lowest BCUT2D eigenvalue weighted by Crippen LogP contribution is -2.44. The molecule has 0 atom stereocenters. The molecule has 1 aromatic carbocycles. The van der Waals surface area contributed by atoms with Crippen LogP contribution in [-0.4, -0.2) is 72.3 Å². The predicted molar refractivity (Wildman–Crippen MR) is 134 cm³/mol. The fraction of sp³-hybridized carbons (Fsp3) is 0.480. The molecule has 0 bridgehead atoms. The molecule has 1 aromatic heterocycles. The number of anilines is 2. The standard InChI is InChI=1S/C25H33ClN4O4/c1-17(2)34-14-4-11-29(3)21-9-12-30(13-10-21)23-22(25(32)33)15-20(16-27-23)28-24(31)18-5-7-19(26)8-6-18/h5-8,15-17,21H,4,9-14H2,1-3H3,(H,28,31)(H,32,33). The van der Waals surface area contributed by atoms with Gasteiger partial charge in [0.2, 0.25) is 0 Å². The third-order valence-corrected chi connectivity index (χ3v) is 6.21. The van der Waals surface area contributed by atoms with Gasteiger partial charge in [-0.05, 0) is 70.5 Å². The maximum Gasteiger partial charge on any atom is 0.339 e. The maximum atomic E-state index is 12.5. The number of benzene rings is 1. The van der Waals surface area contributed by atoms with E-state index in [1.807, 2.05) is 18.7 Å². The summed E-state index contributed by atoms with van der Waals surface area (Å²) in [6, 6.07) is 8.38. The number of nitrogens with zero attached hydrogens (tertiary/aromatic N) is 3. The fourth-order valence-electron chi connectivity index (χ4n) is 4.07. The third kappa shape index (κ3) is 7.16. The van der Waals surface area contributed by atoms with Gasteiger partial charge < -0.3 is 25.0 Å². The van der Waals surface area contributed by atoms with Crippen LogP contribution in [0.15, 0.2) is 36.5 Å². The molecule has 0 radical (unpaired) electrons. The van der Waals surface area contributed by atoms with Gasteiger partial charge in [0, 0.05) is 42.9 Å². The second-order valence-corrected chi connectivity index (χ2v) is 9.27. The minimum absolute atomic E-state index is 0.0755. The zero-order chi connectivity index (χ0) is 24.7. The molecule has 1 aliphatic heterocycles. The molecule has 0 unspecified atom stereocenters. The Bertz CT molecular complexity index is 975. The Hall–Kier alpha value is -2.68. The van der Waals surface area contributed by atoms with Crippen molar-refractivity contribution in [1.29, 1.82) is 0 Å². The lowest BCUT2D eigenvalue weighted by Gasteiger charge is -2.37. The monoisotopic (exact) mass is 488 g/mol. The minimum atomic E-state index is -1.07. The first-order valence-electron chi connectivity index (χ1n) is 11.6. The van der Waals surface area contributed by atoms with Crippen LogP contribution in [-0.2, 0) is 4.74 Å². The van der Waals surface area contributed by atoms with Crippen LogP contribution in [0.5, 0.6) is 0 Å². The number of hydrogen-bond donors (Lipinski definition) is 2. The summed E-state index contributed by atoms with van der Waals surface area (Å²) in [5, 5.41) is 13.0. The number of rotatable bonds is 10. The highest BCUT2D eigenvalue weighted by Gasteiger charge is 2.26. The molecule has 1 saturated heterocycles. The molecule has 1 aliphatic rings. The average molecular weight is 489 g/mol. The van der Waals surface area contributed by atoms with Crippen LogP contribution in [0.3, 0.4) is 0 Å². The summed E-state index contributed by atoms with van der Waals surface area (Å²) in [5.74, 6) is -0.997. The molecule has 1 amide bonds. The van der Waals surface area contributed by atoms with Gasteiger partial charge in [0.05, 0.1) is 18.0 Å². The van der Waals surface area contributed by atoms with Gasteiger partial charge in [-0.1, -0.05) is 11.6 Å². The van der Waals surface area contributed by atoms with Crippen LogP contribution in [0.1, 0.15) is 53.8 Å². The van der Waals surface area contributed by atoms with Gasteiger partial charge in [-0.2, -0.15) is 0 Å². The van der Waals surface area contributed by atoms with Crippen molar-refractivity contribution in [2.75, 3.05) is 43.5 Å². The minimum Gasteiger partial charge on any atom is -0.478 e. The quantitative estimate of drug-likeness (QED) is 0.478. The van der Waals surface area contributed by atoms with Crippen molar-refractivity contribution in [3.63, 3.8) is 0 Å². The number of aromatic carboxylic acids is 1. The number of nitrogens with one attached hydrogen (secondary N) is 1. The summed E-state index contributed by atoms with van der Waals surface area (Å²) in [7, 11) is 2.13. The van der Waals surface area contributed by atoms with Gasteiger partial charge in [-0.3, -0.25) is 4.79 Å². The lowest BCUT2D eigenvalue weighted by atomic mass is 10.0. The molecule has 0 spiro atoms. The summed E-state index contributed by atoms with van der Waals surface area (Å²) in [6.45, 7) is 7.26. The Morgan fingerprint density at radius 2 is 1.94 bits per heavy atom. The van der Waals surface area contributed by atoms with Crippen molar-refractivity contribution in [1.82, 2.24) is 9.88 Å². The Labute approximate surface area is 205 Å². The molecule has 0 saturated carbocycles. The van der Waals surface area contributed by atoms with Crippen LogP contribution in [0.4, 0.5) is 11.5 Å². The number of amides is 1. The number of carbonyl (C=O) groups excluding carboxylic acids is 1. The molecule has 0 aliphatic carbocycles. The van der Waals surface area contributed by atoms with Crippen LogP contribution < -0.4 is 10.2 Å². The molecule has 34 heavy (non-hydrogen) atoms. The number of carboxylic acid groups (broad SMARTS) is 1. The molecule has 3 rings (SSSR count). The highest BCUT2D eigenvalue weighted by atomic mass is 35.5. The normalized spacial score (nSPS) is 14.6. The van der Waals surface area contributed by atoms with Crippen molar-refractivity contribution in [2.45, 2.75) is 45.3 Å².